The summed E-state index contributed by atoms with van der Waals surface area (Å²) in [5, 5.41) is 7.61. The summed E-state index contributed by atoms with van der Waals surface area (Å²) >= 11 is 6.02. The second-order valence-corrected chi connectivity index (χ2v) is 4.43. The number of nitrogens with one attached hydrogen (secondary N) is 1. The molecule has 0 fully saturated rings. The largest absolute Gasteiger partial charge is 0.382 e. The van der Waals surface area contributed by atoms with Crippen molar-refractivity contribution in [2.24, 2.45) is 0 Å². The first-order chi connectivity index (χ1) is 9.25. The van der Waals surface area contributed by atoms with Gasteiger partial charge in [0.05, 0.1) is 11.3 Å². The quantitative estimate of drug-likeness (QED) is 0.751. The van der Waals surface area contributed by atoms with Crippen LogP contribution in [0.3, 0.4) is 0 Å². The van der Waals surface area contributed by atoms with Crippen molar-refractivity contribution in [2.75, 3.05) is 5.73 Å². The molecule has 1 aromatic carbocycles. The Bertz CT molecular complexity index is 708. The Morgan fingerprint density at radius 3 is 2.63 bits per heavy atom. The maximum Gasteiger partial charge on any atom is 0.153 e. The maximum atomic E-state index is 6.02. The fourth-order valence-corrected chi connectivity index (χ4v) is 2.12. The summed E-state index contributed by atoms with van der Waals surface area (Å²) in [6.45, 7) is 0. The fourth-order valence-electron chi connectivity index (χ4n) is 1.93. The highest BCUT2D eigenvalue weighted by molar-refractivity contribution is 6.30. The number of halogens is 1. The van der Waals surface area contributed by atoms with Gasteiger partial charge in [-0.15, -0.1) is 0 Å². The van der Waals surface area contributed by atoms with Crippen LogP contribution in [0.25, 0.3) is 22.4 Å². The third kappa shape index (κ3) is 2.15. The first-order valence-corrected chi connectivity index (χ1v) is 5.98. The van der Waals surface area contributed by atoms with Gasteiger partial charge in [-0.2, -0.15) is 5.10 Å². The minimum atomic E-state index is 0.418. The summed E-state index contributed by atoms with van der Waals surface area (Å²) in [4.78, 5) is 7.99. The number of hydrogen-bond acceptors (Lipinski definition) is 4. The Balaban J connectivity index is 2.20. The van der Waals surface area contributed by atoms with Gasteiger partial charge >= 0.3 is 0 Å². The Morgan fingerprint density at radius 2 is 1.89 bits per heavy atom. The average Bonchev–Trinajstić information content (AvgIpc) is 2.82. The van der Waals surface area contributed by atoms with E-state index < -0.39 is 0 Å². The smallest absolute Gasteiger partial charge is 0.153 e. The van der Waals surface area contributed by atoms with Crippen molar-refractivity contribution in [3.63, 3.8) is 0 Å². The SMILES string of the molecule is Nc1n[nH]c(-c2cncnc2)c1-c1cccc(Cl)c1. The molecule has 0 aliphatic heterocycles. The van der Waals surface area contributed by atoms with Gasteiger partial charge in [0, 0.05) is 23.0 Å². The summed E-state index contributed by atoms with van der Waals surface area (Å²) in [6.07, 6.45) is 4.88. The maximum absolute atomic E-state index is 6.02. The molecule has 94 valence electrons. The normalized spacial score (nSPS) is 10.6. The summed E-state index contributed by atoms with van der Waals surface area (Å²) in [6, 6.07) is 7.46. The highest BCUT2D eigenvalue weighted by Crippen LogP contribution is 2.34. The molecule has 0 aliphatic carbocycles. The van der Waals surface area contributed by atoms with Gasteiger partial charge < -0.3 is 5.73 Å². The van der Waals surface area contributed by atoms with Crippen LogP contribution in [0, 0.1) is 0 Å². The van der Waals surface area contributed by atoms with Crippen LogP contribution in [0.2, 0.25) is 5.02 Å². The predicted octanol–water partition coefficient (Wildman–Crippen LogP) is 2.77. The van der Waals surface area contributed by atoms with Crippen LogP contribution < -0.4 is 5.73 Å². The van der Waals surface area contributed by atoms with Crippen molar-refractivity contribution < 1.29 is 0 Å². The van der Waals surface area contributed by atoms with Crippen LogP contribution in [-0.2, 0) is 0 Å². The lowest BCUT2D eigenvalue weighted by Crippen LogP contribution is -1.89. The van der Waals surface area contributed by atoms with Gasteiger partial charge in [0.15, 0.2) is 5.82 Å². The third-order valence-electron chi connectivity index (χ3n) is 2.76. The lowest BCUT2D eigenvalue weighted by atomic mass is 10.0. The standard InChI is InChI=1S/C13H10ClN5/c14-10-3-1-2-8(4-10)11-12(18-19-13(11)15)9-5-16-7-17-6-9/h1-7H,(H3,15,18,19). The Labute approximate surface area is 114 Å². The van der Waals surface area contributed by atoms with Gasteiger partial charge in [0.1, 0.15) is 6.33 Å². The van der Waals surface area contributed by atoms with Gasteiger partial charge in [0.25, 0.3) is 0 Å². The van der Waals surface area contributed by atoms with Crippen molar-refractivity contribution in [3.8, 4) is 22.4 Å². The van der Waals surface area contributed by atoms with E-state index in [0.29, 0.717) is 10.8 Å². The zero-order chi connectivity index (χ0) is 13.2. The minimum Gasteiger partial charge on any atom is -0.382 e. The van der Waals surface area contributed by atoms with Gasteiger partial charge in [0.2, 0.25) is 0 Å². The Hall–Kier alpha value is -2.40. The number of benzene rings is 1. The number of aromatic amines is 1. The van der Waals surface area contributed by atoms with E-state index in [1.807, 2.05) is 24.3 Å². The highest BCUT2D eigenvalue weighted by Gasteiger charge is 2.15. The van der Waals surface area contributed by atoms with Gasteiger partial charge in [-0.3, -0.25) is 5.10 Å². The average molecular weight is 272 g/mol. The van der Waals surface area contributed by atoms with E-state index in [0.717, 1.165) is 22.4 Å². The second-order valence-electron chi connectivity index (χ2n) is 4.00. The highest BCUT2D eigenvalue weighted by atomic mass is 35.5. The van der Waals surface area contributed by atoms with Gasteiger partial charge in [-0.1, -0.05) is 23.7 Å². The summed E-state index contributed by atoms with van der Waals surface area (Å²) in [5.41, 5.74) is 9.24. The molecule has 3 aromatic rings. The van der Waals surface area contributed by atoms with Crippen molar-refractivity contribution >= 4 is 17.4 Å². The van der Waals surface area contributed by atoms with Crippen LogP contribution in [0.4, 0.5) is 5.82 Å². The predicted molar refractivity (Wildman–Crippen MR) is 74.5 cm³/mol. The van der Waals surface area contributed by atoms with E-state index in [4.69, 9.17) is 17.3 Å². The lowest BCUT2D eigenvalue weighted by molar-refractivity contribution is 1.09. The molecule has 0 radical (unpaired) electrons. The van der Waals surface area contributed by atoms with Gasteiger partial charge in [-0.25, -0.2) is 9.97 Å². The molecule has 0 bridgehead atoms. The molecule has 0 unspecified atom stereocenters. The first kappa shape index (κ1) is 11.7. The van der Waals surface area contributed by atoms with Crippen LogP contribution in [0.5, 0.6) is 0 Å². The summed E-state index contributed by atoms with van der Waals surface area (Å²) < 4.78 is 0. The molecule has 3 N–H and O–H groups in total. The molecule has 6 heteroatoms. The number of nitrogens with two attached hydrogens (primary N) is 1. The fraction of sp³-hybridized carbons (Fsp3) is 0. The molecule has 19 heavy (non-hydrogen) atoms. The number of H-pyrrole nitrogens is 1. The molecular weight excluding hydrogens is 262 g/mol. The molecule has 5 nitrogen and oxygen atoms in total. The summed E-state index contributed by atoms with van der Waals surface area (Å²) in [7, 11) is 0. The zero-order valence-corrected chi connectivity index (χ0v) is 10.6. The van der Waals surface area contributed by atoms with Crippen LogP contribution >= 0.6 is 11.6 Å². The van der Waals surface area contributed by atoms with E-state index in [2.05, 4.69) is 20.2 Å². The molecule has 2 heterocycles. The van der Waals surface area contributed by atoms with Gasteiger partial charge in [-0.05, 0) is 17.7 Å². The summed E-state index contributed by atoms with van der Waals surface area (Å²) in [5.74, 6) is 0.418. The van der Waals surface area contributed by atoms with Crippen molar-refractivity contribution in [2.45, 2.75) is 0 Å². The second kappa shape index (κ2) is 4.70. The number of anilines is 1. The Morgan fingerprint density at radius 1 is 1.11 bits per heavy atom. The number of nitrogen functional groups attached to an aromatic ring is 1. The molecule has 0 saturated carbocycles. The third-order valence-corrected chi connectivity index (χ3v) is 2.99. The molecule has 0 atom stereocenters. The van der Waals surface area contributed by atoms with Crippen molar-refractivity contribution in [1.82, 2.24) is 20.2 Å². The molecule has 0 spiro atoms. The van der Waals surface area contributed by atoms with Crippen LogP contribution in [0.1, 0.15) is 0 Å². The molecule has 2 aromatic heterocycles. The van der Waals surface area contributed by atoms with Crippen LogP contribution in [0.15, 0.2) is 43.0 Å². The van der Waals surface area contributed by atoms with Crippen LogP contribution in [-0.4, -0.2) is 20.2 Å². The first-order valence-electron chi connectivity index (χ1n) is 5.61. The van der Waals surface area contributed by atoms with E-state index in [9.17, 15) is 0 Å². The topological polar surface area (TPSA) is 80.5 Å². The number of hydrogen-bond donors (Lipinski definition) is 2. The number of nitrogens with zero attached hydrogens (tertiary/aromatic N) is 3. The van der Waals surface area contributed by atoms with Crippen molar-refractivity contribution in [1.29, 1.82) is 0 Å². The van der Waals surface area contributed by atoms with E-state index in [1.54, 1.807) is 12.4 Å². The molecule has 0 saturated heterocycles. The monoisotopic (exact) mass is 271 g/mol. The van der Waals surface area contributed by atoms with E-state index in [1.165, 1.54) is 6.33 Å². The molecule has 3 rings (SSSR count). The number of rotatable bonds is 2. The molecule has 0 amide bonds. The molecule has 0 aliphatic rings. The zero-order valence-electron chi connectivity index (χ0n) is 9.84. The van der Waals surface area contributed by atoms with Crippen molar-refractivity contribution in [3.05, 3.63) is 48.0 Å². The van der Waals surface area contributed by atoms with E-state index in [-0.39, 0.29) is 0 Å². The number of aromatic nitrogens is 4. The van der Waals surface area contributed by atoms with E-state index >= 15 is 0 Å². The molecular formula is C13H10ClN5. The lowest BCUT2D eigenvalue weighted by Gasteiger charge is -2.04. The Kier molecular flexibility index (Phi) is 2.89. The minimum absolute atomic E-state index is 0.418.